The number of aromatic nitrogens is 4. The Morgan fingerprint density at radius 3 is 1.46 bits per heavy atom. The fraction of sp³-hybridized carbons (Fsp3) is 0. The van der Waals surface area contributed by atoms with Crippen molar-refractivity contribution in [3.8, 4) is 34.2 Å². The van der Waals surface area contributed by atoms with Gasteiger partial charge in [0.15, 0.2) is 0 Å². The van der Waals surface area contributed by atoms with Gasteiger partial charge < -0.3 is 4.57 Å². The lowest BCUT2D eigenvalue weighted by Crippen LogP contribution is -2.05. The Bertz CT molecular complexity index is 2760. The fourth-order valence-electron chi connectivity index (χ4n) is 7.41. The third kappa shape index (κ3) is 3.96. The molecule has 48 heavy (non-hydrogen) atoms. The largest absolute Gasteiger partial charge is 0.307 e. The van der Waals surface area contributed by atoms with E-state index >= 15 is 0 Å². The van der Waals surface area contributed by atoms with E-state index in [4.69, 9.17) is 9.97 Å². The Kier molecular flexibility index (Phi) is 5.84. The predicted octanol–water partition coefficient (Wildman–Crippen LogP) is 11.2. The van der Waals surface area contributed by atoms with Gasteiger partial charge >= 0.3 is 0 Å². The minimum absolute atomic E-state index is 0.642. The van der Waals surface area contributed by atoms with E-state index in [1.54, 1.807) is 0 Å². The zero-order valence-electron chi connectivity index (χ0n) is 26.0. The van der Waals surface area contributed by atoms with Crippen molar-refractivity contribution < 1.29 is 0 Å². The number of fused-ring (bicyclic) bond motifs is 8. The molecule has 3 aromatic heterocycles. The van der Waals surface area contributed by atoms with E-state index in [2.05, 4.69) is 167 Å². The van der Waals surface area contributed by atoms with Gasteiger partial charge in [-0.25, -0.2) is 9.97 Å². The highest BCUT2D eigenvalue weighted by molar-refractivity contribution is 6.24. The zero-order chi connectivity index (χ0) is 31.6. The van der Waals surface area contributed by atoms with Crippen LogP contribution in [-0.2, 0) is 0 Å². The first kappa shape index (κ1) is 26.7. The number of nitrogens with zero attached hydrogens (tertiary/aromatic N) is 4. The molecule has 7 aromatic carbocycles. The second-order valence-corrected chi connectivity index (χ2v) is 12.2. The molecule has 0 atom stereocenters. The van der Waals surface area contributed by atoms with Crippen molar-refractivity contribution in [2.24, 2.45) is 0 Å². The molecule has 0 unspecified atom stereocenters. The van der Waals surface area contributed by atoms with Gasteiger partial charge in [-0.15, -0.1) is 0 Å². The highest BCUT2D eigenvalue weighted by Gasteiger charge is 2.23. The molecule has 0 radical (unpaired) electrons. The van der Waals surface area contributed by atoms with Gasteiger partial charge in [0, 0.05) is 38.1 Å². The fourth-order valence-corrected chi connectivity index (χ4v) is 7.41. The van der Waals surface area contributed by atoms with E-state index in [0.29, 0.717) is 5.95 Å². The molecule has 0 saturated carbocycles. The van der Waals surface area contributed by atoms with Crippen LogP contribution in [0.3, 0.4) is 0 Å². The molecule has 10 rings (SSSR count). The maximum atomic E-state index is 5.33. The predicted molar refractivity (Wildman–Crippen MR) is 199 cm³/mol. The quantitative estimate of drug-likeness (QED) is 0.198. The molecule has 0 aliphatic rings. The van der Waals surface area contributed by atoms with Gasteiger partial charge in [0.2, 0.25) is 5.95 Å². The van der Waals surface area contributed by atoms with Gasteiger partial charge in [-0.3, -0.25) is 4.57 Å². The second kappa shape index (κ2) is 10.5. The summed E-state index contributed by atoms with van der Waals surface area (Å²) in [5, 5.41) is 7.15. The van der Waals surface area contributed by atoms with Crippen LogP contribution < -0.4 is 0 Å². The number of rotatable bonds is 4. The molecule has 0 N–H and O–H groups in total. The Hall–Kier alpha value is -6.52. The van der Waals surface area contributed by atoms with Crippen LogP contribution in [0.2, 0.25) is 0 Å². The molecule has 224 valence electrons. The van der Waals surface area contributed by atoms with Gasteiger partial charge in [0.05, 0.1) is 39.1 Å². The topological polar surface area (TPSA) is 35.6 Å². The molecule has 4 heteroatoms. The number of hydrogen-bond donors (Lipinski definition) is 0. The lowest BCUT2D eigenvalue weighted by atomic mass is 10.1. The van der Waals surface area contributed by atoms with Crippen LogP contribution >= 0.6 is 0 Å². The summed E-state index contributed by atoms with van der Waals surface area (Å²) in [7, 11) is 0. The van der Waals surface area contributed by atoms with Crippen LogP contribution in [0.5, 0.6) is 0 Å². The van der Waals surface area contributed by atoms with Gasteiger partial charge in [-0.1, -0.05) is 146 Å². The summed E-state index contributed by atoms with van der Waals surface area (Å²) < 4.78 is 4.73. The zero-order valence-corrected chi connectivity index (χ0v) is 26.0. The van der Waals surface area contributed by atoms with Gasteiger partial charge in [-0.2, -0.15) is 0 Å². The number of para-hydroxylation sites is 2. The maximum Gasteiger partial charge on any atom is 0.235 e. The summed E-state index contributed by atoms with van der Waals surface area (Å²) in [4.78, 5) is 10.7. The van der Waals surface area contributed by atoms with Crippen LogP contribution in [0.25, 0.3) is 88.5 Å². The summed E-state index contributed by atoms with van der Waals surface area (Å²) in [6, 6.07) is 60.0. The first-order valence-electron chi connectivity index (χ1n) is 16.3. The Balaban J connectivity index is 1.41. The smallest absolute Gasteiger partial charge is 0.235 e. The van der Waals surface area contributed by atoms with E-state index in [-0.39, 0.29) is 0 Å². The molecule has 0 aliphatic carbocycles. The summed E-state index contributed by atoms with van der Waals surface area (Å²) in [6.45, 7) is 0. The van der Waals surface area contributed by atoms with Gasteiger partial charge in [-0.05, 0) is 29.7 Å². The normalized spacial score (nSPS) is 11.8. The average molecular weight is 613 g/mol. The molecule has 0 spiro atoms. The van der Waals surface area contributed by atoms with Crippen molar-refractivity contribution in [3.05, 3.63) is 170 Å². The van der Waals surface area contributed by atoms with Crippen molar-refractivity contribution in [1.29, 1.82) is 0 Å². The summed E-state index contributed by atoms with van der Waals surface area (Å²) in [6.07, 6.45) is 0. The third-order valence-corrected chi connectivity index (χ3v) is 9.53. The van der Waals surface area contributed by atoms with Crippen molar-refractivity contribution in [3.63, 3.8) is 0 Å². The van der Waals surface area contributed by atoms with Crippen LogP contribution in [-0.4, -0.2) is 19.1 Å². The average Bonchev–Trinajstić information content (AvgIpc) is 3.68. The van der Waals surface area contributed by atoms with E-state index in [0.717, 1.165) is 55.7 Å². The molecule has 3 heterocycles. The molecular weight excluding hydrogens is 585 g/mol. The number of hydrogen-bond acceptors (Lipinski definition) is 2. The Labute approximate surface area is 276 Å². The first-order chi connectivity index (χ1) is 23.8. The minimum Gasteiger partial charge on any atom is -0.307 e. The van der Waals surface area contributed by atoms with Crippen molar-refractivity contribution >= 4 is 54.4 Å². The lowest BCUT2D eigenvalue weighted by Gasteiger charge is -2.15. The maximum absolute atomic E-state index is 5.33. The molecule has 0 aliphatic heterocycles. The second-order valence-electron chi connectivity index (χ2n) is 12.2. The van der Waals surface area contributed by atoms with Gasteiger partial charge in [0.25, 0.3) is 0 Å². The third-order valence-electron chi connectivity index (χ3n) is 9.53. The highest BCUT2D eigenvalue weighted by atomic mass is 15.2. The van der Waals surface area contributed by atoms with Crippen molar-refractivity contribution in [2.45, 2.75) is 0 Å². The Morgan fingerprint density at radius 2 is 0.833 bits per heavy atom. The molecule has 0 saturated heterocycles. The van der Waals surface area contributed by atoms with E-state index < -0.39 is 0 Å². The molecule has 0 fully saturated rings. The van der Waals surface area contributed by atoms with Crippen LogP contribution in [0.1, 0.15) is 0 Å². The molecular formula is C44H28N4. The van der Waals surface area contributed by atoms with Crippen molar-refractivity contribution in [2.75, 3.05) is 0 Å². The van der Waals surface area contributed by atoms with E-state index in [1.807, 2.05) is 12.1 Å². The highest BCUT2D eigenvalue weighted by Crippen LogP contribution is 2.42. The molecule has 0 amide bonds. The molecule has 0 bridgehead atoms. The number of benzene rings is 7. The van der Waals surface area contributed by atoms with Crippen LogP contribution in [0, 0.1) is 0 Å². The lowest BCUT2D eigenvalue weighted by molar-refractivity contribution is 0.995. The van der Waals surface area contributed by atoms with E-state index in [9.17, 15) is 0 Å². The van der Waals surface area contributed by atoms with Crippen molar-refractivity contribution in [1.82, 2.24) is 19.1 Å². The summed E-state index contributed by atoms with van der Waals surface area (Å²) >= 11 is 0. The molecule has 4 nitrogen and oxygen atoms in total. The summed E-state index contributed by atoms with van der Waals surface area (Å²) in [5.41, 5.74) is 9.46. The SMILES string of the molecule is c1ccc(-c2cc(-c3ccccc3)nc(-n3c4ccccc4c4ccc5c6ccccc6n(-c6cccc7ccccc67)c5c43)n2)cc1. The molecule has 10 aromatic rings. The standard InChI is InChI=1S/C44H28N4/c1-3-15-30(16-4-1)37-28-38(31-17-5-2-6-18-31)46-44(45-37)48-41-24-12-10-22-34(41)36-27-26-35-33-21-9-11-23-40(33)47(42(35)43(36)48)39-25-13-19-29-14-7-8-20-32(29)39/h1-28H. The first-order valence-corrected chi connectivity index (χ1v) is 16.3. The Morgan fingerprint density at radius 1 is 0.354 bits per heavy atom. The monoisotopic (exact) mass is 612 g/mol. The van der Waals surface area contributed by atoms with Gasteiger partial charge in [0.1, 0.15) is 0 Å². The van der Waals surface area contributed by atoms with Crippen LogP contribution in [0.15, 0.2) is 170 Å². The minimum atomic E-state index is 0.642. The van der Waals surface area contributed by atoms with E-state index in [1.165, 1.54) is 26.9 Å². The summed E-state index contributed by atoms with van der Waals surface area (Å²) in [5.74, 6) is 0.642. The van der Waals surface area contributed by atoms with Crippen LogP contribution in [0.4, 0.5) is 0 Å².